The maximum absolute atomic E-state index is 11.2. The number of aliphatic imine (C=N–C) groups is 1. The van der Waals surface area contributed by atoms with E-state index in [1.54, 1.807) is 0 Å². The Balaban J connectivity index is 3.52. The van der Waals surface area contributed by atoms with Crippen LogP contribution in [0.25, 0.3) is 0 Å². The van der Waals surface area contributed by atoms with Crippen molar-refractivity contribution in [2.75, 3.05) is 25.4 Å². The molecule has 0 radical (unpaired) electrons. The summed E-state index contributed by atoms with van der Waals surface area (Å²) in [6.45, 7) is 7.25. The minimum Gasteiger partial charge on any atom is -0.377 e. The molecule has 0 aromatic heterocycles. The van der Waals surface area contributed by atoms with Gasteiger partial charge in [-0.1, -0.05) is 0 Å². The SMILES string of the molecule is CC(C)=NCCNCCCS(=O)(=O)C(C)O. The Morgan fingerprint density at radius 2 is 2.00 bits per heavy atom. The van der Waals surface area contributed by atoms with Gasteiger partial charge in [-0.3, -0.25) is 4.99 Å². The van der Waals surface area contributed by atoms with E-state index in [0.717, 1.165) is 12.3 Å². The molecule has 1 atom stereocenters. The molecule has 96 valence electrons. The van der Waals surface area contributed by atoms with Crippen LogP contribution < -0.4 is 5.32 Å². The third kappa shape index (κ3) is 7.78. The van der Waals surface area contributed by atoms with Crippen molar-refractivity contribution in [3.8, 4) is 0 Å². The molecule has 1 unspecified atom stereocenters. The number of rotatable bonds is 8. The molecule has 0 aliphatic rings. The van der Waals surface area contributed by atoms with Crippen molar-refractivity contribution in [3.63, 3.8) is 0 Å². The first-order chi connectivity index (χ1) is 7.36. The van der Waals surface area contributed by atoms with Crippen molar-refractivity contribution in [3.05, 3.63) is 0 Å². The topological polar surface area (TPSA) is 78.8 Å². The quantitative estimate of drug-likeness (QED) is 0.476. The molecule has 6 heteroatoms. The first-order valence-corrected chi connectivity index (χ1v) is 7.16. The molecule has 16 heavy (non-hydrogen) atoms. The molecule has 5 nitrogen and oxygen atoms in total. The Morgan fingerprint density at radius 3 is 2.50 bits per heavy atom. The second kappa shape index (κ2) is 7.76. The van der Waals surface area contributed by atoms with Crippen LogP contribution in [0.15, 0.2) is 4.99 Å². The molecule has 0 saturated heterocycles. The van der Waals surface area contributed by atoms with Crippen LogP contribution in [0.5, 0.6) is 0 Å². The maximum atomic E-state index is 11.2. The standard InChI is InChI=1S/C10H22N2O3S/c1-9(2)12-7-6-11-5-4-8-16(14,15)10(3)13/h10-11,13H,4-8H2,1-3H3. The Bertz CT molecular complexity index is 306. The van der Waals surface area contributed by atoms with Gasteiger partial charge in [-0.15, -0.1) is 0 Å². The fraction of sp³-hybridized carbons (Fsp3) is 0.900. The summed E-state index contributed by atoms with van der Waals surface area (Å²) in [7, 11) is -3.32. The van der Waals surface area contributed by atoms with Crippen LogP contribution in [0.2, 0.25) is 0 Å². The van der Waals surface area contributed by atoms with Crippen LogP contribution in [0.1, 0.15) is 27.2 Å². The largest absolute Gasteiger partial charge is 0.377 e. The summed E-state index contributed by atoms with van der Waals surface area (Å²) in [5.41, 5.74) is -0.224. The van der Waals surface area contributed by atoms with Crippen molar-refractivity contribution >= 4 is 15.5 Å². The molecule has 2 N–H and O–H groups in total. The first-order valence-electron chi connectivity index (χ1n) is 5.44. The van der Waals surface area contributed by atoms with Crippen LogP contribution in [0.3, 0.4) is 0 Å². The summed E-state index contributed by atoms with van der Waals surface area (Å²) in [5.74, 6) is 0.0216. The molecule has 0 rings (SSSR count). The van der Waals surface area contributed by atoms with Gasteiger partial charge < -0.3 is 10.4 Å². The minimum absolute atomic E-state index is 0.0216. The van der Waals surface area contributed by atoms with E-state index in [1.807, 2.05) is 13.8 Å². The van der Waals surface area contributed by atoms with Crippen molar-refractivity contribution in [2.24, 2.45) is 4.99 Å². The Kier molecular flexibility index (Phi) is 7.53. The molecule has 0 saturated carbocycles. The van der Waals surface area contributed by atoms with Gasteiger partial charge in [0.1, 0.15) is 0 Å². The smallest absolute Gasteiger partial charge is 0.176 e. The van der Waals surface area contributed by atoms with E-state index in [4.69, 9.17) is 5.11 Å². The Hall–Kier alpha value is -0.460. The van der Waals surface area contributed by atoms with Gasteiger partial charge >= 0.3 is 0 Å². The highest BCUT2D eigenvalue weighted by molar-refractivity contribution is 7.91. The summed E-state index contributed by atoms with van der Waals surface area (Å²) in [6.07, 6.45) is 0.516. The van der Waals surface area contributed by atoms with Gasteiger partial charge in [-0.05, 0) is 33.7 Å². The summed E-state index contributed by atoms with van der Waals surface area (Å²) >= 11 is 0. The number of hydrogen-bond donors (Lipinski definition) is 2. The lowest BCUT2D eigenvalue weighted by Gasteiger charge is -2.07. The van der Waals surface area contributed by atoms with E-state index in [9.17, 15) is 8.42 Å². The fourth-order valence-corrected chi connectivity index (χ4v) is 1.94. The highest BCUT2D eigenvalue weighted by atomic mass is 32.2. The molecule has 0 aromatic carbocycles. The molecule has 0 aliphatic carbocycles. The third-order valence-electron chi connectivity index (χ3n) is 2.02. The van der Waals surface area contributed by atoms with E-state index in [1.165, 1.54) is 6.92 Å². The van der Waals surface area contributed by atoms with E-state index >= 15 is 0 Å². The zero-order valence-electron chi connectivity index (χ0n) is 10.2. The number of aliphatic hydroxyl groups is 1. The molecule has 0 aromatic rings. The van der Waals surface area contributed by atoms with Gasteiger partial charge in [0.25, 0.3) is 0 Å². The minimum atomic E-state index is -3.32. The van der Waals surface area contributed by atoms with E-state index in [-0.39, 0.29) is 5.75 Å². The number of aliphatic hydroxyl groups excluding tert-OH is 1. The highest BCUT2D eigenvalue weighted by Crippen LogP contribution is 1.99. The number of nitrogens with zero attached hydrogens (tertiary/aromatic N) is 1. The number of hydrogen-bond acceptors (Lipinski definition) is 5. The number of sulfone groups is 1. The molecule has 0 spiro atoms. The second-order valence-electron chi connectivity index (χ2n) is 3.90. The predicted molar refractivity (Wildman–Crippen MR) is 66.6 cm³/mol. The number of nitrogens with one attached hydrogen (secondary N) is 1. The van der Waals surface area contributed by atoms with Crippen LogP contribution in [-0.2, 0) is 9.84 Å². The van der Waals surface area contributed by atoms with Crippen molar-refractivity contribution in [2.45, 2.75) is 32.6 Å². The normalized spacial score (nSPS) is 13.5. The summed E-state index contributed by atoms with van der Waals surface area (Å²) in [4.78, 5) is 4.20. The highest BCUT2D eigenvalue weighted by Gasteiger charge is 2.16. The molecule has 0 bridgehead atoms. The summed E-state index contributed by atoms with van der Waals surface area (Å²) < 4.78 is 22.4. The van der Waals surface area contributed by atoms with E-state index in [2.05, 4.69) is 10.3 Å². The van der Waals surface area contributed by atoms with E-state index < -0.39 is 15.3 Å². The van der Waals surface area contributed by atoms with E-state index in [0.29, 0.717) is 19.5 Å². The molecular formula is C10H22N2O3S. The van der Waals surface area contributed by atoms with Crippen molar-refractivity contribution < 1.29 is 13.5 Å². The average Bonchev–Trinajstić information content (AvgIpc) is 2.15. The van der Waals surface area contributed by atoms with Gasteiger partial charge in [-0.2, -0.15) is 0 Å². The molecule has 0 amide bonds. The maximum Gasteiger partial charge on any atom is 0.176 e. The molecule has 0 aliphatic heterocycles. The lowest BCUT2D eigenvalue weighted by molar-refractivity contribution is 0.268. The Labute approximate surface area is 97.9 Å². The summed E-state index contributed by atoms with van der Waals surface area (Å²) in [5, 5.41) is 12.1. The summed E-state index contributed by atoms with van der Waals surface area (Å²) in [6, 6.07) is 0. The lowest BCUT2D eigenvalue weighted by atomic mass is 10.4. The van der Waals surface area contributed by atoms with Crippen LogP contribution in [0, 0.1) is 0 Å². The zero-order chi connectivity index (χ0) is 12.6. The van der Waals surface area contributed by atoms with Crippen LogP contribution >= 0.6 is 0 Å². The van der Waals surface area contributed by atoms with Crippen molar-refractivity contribution in [1.29, 1.82) is 0 Å². The van der Waals surface area contributed by atoms with Gasteiger partial charge in [0.05, 0.1) is 12.3 Å². The second-order valence-corrected chi connectivity index (χ2v) is 6.31. The van der Waals surface area contributed by atoms with Crippen LogP contribution in [-0.4, -0.2) is 50.1 Å². The van der Waals surface area contributed by atoms with Crippen molar-refractivity contribution in [1.82, 2.24) is 5.32 Å². The average molecular weight is 250 g/mol. The van der Waals surface area contributed by atoms with Crippen LogP contribution in [0.4, 0.5) is 0 Å². The van der Waals surface area contributed by atoms with Gasteiger partial charge in [0.2, 0.25) is 0 Å². The monoisotopic (exact) mass is 250 g/mol. The molecular weight excluding hydrogens is 228 g/mol. The zero-order valence-corrected chi connectivity index (χ0v) is 11.0. The Morgan fingerprint density at radius 1 is 1.38 bits per heavy atom. The van der Waals surface area contributed by atoms with Gasteiger partial charge in [-0.25, -0.2) is 8.42 Å². The third-order valence-corrected chi connectivity index (χ3v) is 3.92. The fourth-order valence-electron chi connectivity index (χ4n) is 1.05. The molecule has 0 heterocycles. The lowest BCUT2D eigenvalue weighted by Crippen LogP contribution is -2.25. The van der Waals surface area contributed by atoms with Gasteiger partial charge in [0, 0.05) is 12.3 Å². The van der Waals surface area contributed by atoms with Gasteiger partial charge in [0.15, 0.2) is 15.3 Å². The molecule has 0 fully saturated rings. The first kappa shape index (κ1) is 15.5. The predicted octanol–water partition coefficient (Wildman–Crippen LogP) is 0.200.